The van der Waals surface area contributed by atoms with E-state index in [1.807, 2.05) is 0 Å². The van der Waals surface area contributed by atoms with E-state index < -0.39 is 0 Å². The van der Waals surface area contributed by atoms with Crippen molar-refractivity contribution in [2.24, 2.45) is 5.73 Å². The average molecular weight is 185 g/mol. The molecular weight excluding hydrogens is 166 g/mol. The Hall–Kier alpha value is -0.610. The Bertz CT molecular complexity index is 172. The first-order valence-corrected chi connectivity index (χ1v) is 4.90. The second-order valence-corrected chi connectivity index (χ2v) is 3.71. The summed E-state index contributed by atoms with van der Waals surface area (Å²) in [5.41, 5.74) is 5.41. The molecule has 1 aliphatic rings. The van der Waals surface area contributed by atoms with Crippen molar-refractivity contribution in [3.8, 4) is 0 Å². The molecule has 0 spiro atoms. The van der Waals surface area contributed by atoms with E-state index >= 15 is 0 Å². The molecule has 1 aliphatic heterocycles. The Morgan fingerprint density at radius 3 is 3.00 bits per heavy atom. The number of amides is 1. The molecule has 0 radical (unpaired) electrons. The second-order valence-electron chi connectivity index (χ2n) is 3.71. The van der Waals surface area contributed by atoms with E-state index in [1.54, 1.807) is 0 Å². The van der Waals surface area contributed by atoms with Crippen LogP contribution in [-0.2, 0) is 4.79 Å². The van der Waals surface area contributed by atoms with Crippen molar-refractivity contribution in [3.63, 3.8) is 0 Å². The highest BCUT2D eigenvalue weighted by molar-refractivity contribution is 5.78. The first kappa shape index (κ1) is 10.5. The van der Waals surface area contributed by atoms with Crippen LogP contribution in [-0.4, -0.2) is 43.5 Å². The summed E-state index contributed by atoms with van der Waals surface area (Å²) in [5, 5.41) is 2.95. The minimum Gasteiger partial charge on any atom is -0.352 e. The molecule has 4 heteroatoms. The molecule has 0 bridgehead atoms. The predicted octanol–water partition coefficient (Wildman–Crippen LogP) is -0.454. The Morgan fingerprint density at radius 2 is 2.46 bits per heavy atom. The van der Waals surface area contributed by atoms with Crippen LogP contribution in [0.4, 0.5) is 0 Å². The molecular formula is C9H19N3O. The van der Waals surface area contributed by atoms with Crippen LogP contribution < -0.4 is 11.1 Å². The lowest BCUT2D eigenvalue weighted by Crippen LogP contribution is -2.37. The smallest absolute Gasteiger partial charge is 0.220 e. The molecule has 1 unspecified atom stereocenters. The number of hydrogen-bond donors (Lipinski definition) is 2. The summed E-state index contributed by atoms with van der Waals surface area (Å²) >= 11 is 0. The fourth-order valence-electron chi connectivity index (χ4n) is 1.64. The SMILES string of the molecule is CN(CCCN)CC1CCC(=O)N1. The quantitative estimate of drug-likeness (QED) is 0.609. The number of likely N-dealkylation sites (N-methyl/N-ethyl adjacent to an activating group) is 1. The van der Waals surface area contributed by atoms with Crippen LogP contribution in [0.2, 0.25) is 0 Å². The monoisotopic (exact) mass is 185 g/mol. The summed E-state index contributed by atoms with van der Waals surface area (Å²) < 4.78 is 0. The number of nitrogens with zero attached hydrogens (tertiary/aromatic N) is 1. The van der Waals surface area contributed by atoms with Gasteiger partial charge < -0.3 is 16.0 Å². The number of nitrogens with one attached hydrogen (secondary N) is 1. The van der Waals surface area contributed by atoms with Gasteiger partial charge in [0.2, 0.25) is 5.91 Å². The van der Waals surface area contributed by atoms with Crippen LogP contribution in [0.25, 0.3) is 0 Å². The molecule has 1 amide bonds. The first-order chi connectivity index (χ1) is 6.22. The number of rotatable bonds is 5. The van der Waals surface area contributed by atoms with Gasteiger partial charge in [0.05, 0.1) is 0 Å². The van der Waals surface area contributed by atoms with Gasteiger partial charge in [-0.1, -0.05) is 0 Å². The van der Waals surface area contributed by atoms with E-state index in [-0.39, 0.29) is 5.91 Å². The third kappa shape index (κ3) is 3.74. The minimum absolute atomic E-state index is 0.192. The van der Waals surface area contributed by atoms with Crippen LogP contribution in [0.3, 0.4) is 0 Å². The third-order valence-electron chi connectivity index (χ3n) is 2.36. The number of carbonyl (C=O) groups excluding carboxylic acids is 1. The van der Waals surface area contributed by atoms with Crippen molar-refractivity contribution >= 4 is 5.91 Å². The van der Waals surface area contributed by atoms with Gasteiger partial charge in [-0.2, -0.15) is 0 Å². The average Bonchev–Trinajstić information content (AvgIpc) is 2.48. The van der Waals surface area contributed by atoms with Gasteiger partial charge in [0, 0.05) is 19.0 Å². The molecule has 0 aromatic rings. The molecule has 3 N–H and O–H groups in total. The van der Waals surface area contributed by atoms with Crippen LogP contribution in [0, 0.1) is 0 Å². The van der Waals surface area contributed by atoms with E-state index in [0.29, 0.717) is 12.5 Å². The zero-order valence-corrected chi connectivity index (χ0v) is 8.25. The molecule has 4 nitrogen and oxygen atoms in total. The predicted molar refractivity (Wildman–Crippen MR) is 52.3 cm³/mol. The summed E-state index contributed by atoms with van der Waals surface area (Å²) in [6.07, 6.45) is 2.69. The zero-order valence-electron chi connectivity index (χ0n) is 8.25. The van der Waals surface area contributed by atoms with Gasteiger partial charge in [0.25, 0.3) is 0 Å². The fraction of sp³-hybridized carbons (Fsp3) is 0.889. The summed E-state index contributed by atoms with van der Waals surface area (Å²) in [6, 6.07) is 0.357. The molecule has 1 rings (SSSR count). The van der Waals surface area contributed by atoms with E-state index in [0.717, 1.165) is 32.5 Å². The fourth-order valence-corrected chi connectivity index (χ4v) is 1.64. The van der Waals surface area contributed by atoms with Crippen molar-refractivity contribution in [1.82, 2.24) is 10.2 Å². The van der Waals surface area contributed by atoms with Crippen molar-refractivity contribution < 1.29 is 4.79 Å². The molecule has 76 valence electrons. The Kier molecular flexibility index (Phi) is 4.18. The minimum atomic E-state index is 0.192. The van der Waals surface area contributed by atoms with E-state index in [9.17, 15) is 4.79 Å². The van der Waals surface area contributed by atoms with Crippen LogP contribution in [0.5, 0.6) is 0 Å². The maximum absolute atomic E-state index is 10.9. The first-order valence-electron chi connectivity index (χ1n) is 4.90. The van der Waals surface area contributed by atoms with Crippen LogP contribution in [0.1, 0.15) is 19.3 Å². The molecule has 1 fully saturated rings. The molecule has 13 heavy (non-hydrogen) atoms. The van der Waals surface area contributed by atoms with Gasteiger partial charge in [0.1, 0.15) is 0 Å². The summed E-state index contributed by atoms with van der Waals surface area (Å²) in [5.74, 6) is 0.192. The molecule has 0 aromatic heterocycles. The highest BCUT2D eigenvalue weighted by Crippen LogP contribution is 2.07. The number of nitrogens with two attached hydrogens (primary N) is 1. The van der Waals surface area contributed by atoms with Crippen molar-refractivity contribution in [2.45, 2.75) is 25.3 Å². The van der Waals surface area contributed by atoms with E-state index in [1.165, 1.54) is 0 Å². The number of hydrogen-bond acceptors (Lipinski definition) is 3. The largest absolute Gasteiger partial charge is 0.352 e. The Labute approximate surface area is 79.5 Å². The summed E-state index contributed by atoms with van der Waals surface area (Å²) in [4.78, 5) is 13.1. The van der Waals surface area contributed by atoms with Gasteiger partial charge in [-0.15, -0.1) is 0 Å². The van der Waals surface area contributed by atoms with Gasteiger partial charge in [-0.3, -0.25) is 4.79 Å². The maximum atomic E-state index is 10.9. The topological polar surface area (TPSA) is 58.4 Å². The zero-order chi connectivity index (χ0) is 9.68. The summed E-state index contributed by atoms with van der Waals surface area (Å²) in [6.45, 7) is 2.70. The normalized spacial score (nSPS) is 22.4. The molecule has 1 saturated heterocycles. The lowest BCUT2D eigenvalue weighted by molar-refractivity contribution is -0.119. The molecule has 1 heterocycles. The highest BCUT2D eigenvalue weighted by Gasteiger charge is 2.21. The Morgan fingerprint density at radius 1 is 1.69 bits per heavy atom. The highest BCUT2D eigenvalue weighted by atomic mass is 16.1. The molecule has 1 atom stereocenters. The molecule has 0 aromatic carbocycles. The maximum Gasteiger partial charge on any atom is 0.220 e. The third-order valence-corrected chi connectivity index (χ3v) is 2.36. The molecule has 0 saturated carbocycles. The van der Waals surface area contributed by atoms with Gasteiger partial charge in [0.15, 0.2) is 0 Å². The van der Waals surface area contributed by atoms with Crippen molar-refractivity contribution in [2.75, 3.05) is 26.7 Å². The van der Waals surface area contributed by atoms with Crippen molar-refractivity contribution in [3.05, 3.63) is 0 Å². The lowest BCUT2D eigenvalue weighted by Gasteiger charge is -2.20. The van der Waals surface area contributed by atoms with Gasteiger partial charge in [-0.05, 0) is 33.0 Å². The van der Waals surface area contributed by atoms with E-state index in [4.69, 9.17) is 5.73 Å². The summed E-state index contributed by atoms with van der Waals surface area (Å²) in [7, 11) is 2.07. The standard InChI is InChI=1S/C9H19N3O/c1-12(6-2-5-10)7-8-3-4-9(13)11-8/h8H,2-7,10H2,1H3,(H,11,13). The second kappa shape index (κ2) is 5.19. The lowest BCUT2D eigenvalue weighted by atomic mass is 10.2. The Balaban J connectivity index is 2.13. The van der Waals surface area contributed by atoms with E-state index in [2.05, 4.69) is 17.3 Å². The van der Waals surface area contributed by atoms with Gasteiger partial charge >= 0.3 is 0 Å². The van der Waals surface area contributed by atoms with Crippen LogP contribution in [0.15, 0.2) is 0 Å². The molecule has 0 aliphatic carbocycles. The van der Waals surface area contributed by atoms with Gasteiger partial charge in [-0.25, -0.2) is 0 Å². The van der Waals surface area contributed by atoms with Crippen LogP contribution >= 0.6 is 0 Å². The number of carbonyl (C=O) groups is 1. The van der Waals surface area contributed by atoms with Crippen molar-refractivity contribution in [1.29, 1.82) is 0 Å².